The predicted molar refractivity (Wildman–Crippen MR) is 111 cm³/mol. The van der Waals surface area contributed by atoms with E-state index in [-0.39, 0.29) is 54.1 Å². The van der Waals surface area contributed by atoms with Crippen molar-refractivity contribution in [2.24, 2.45) is 0 Å². The van der Waals surface area contributed by atoms with Crippen LogP contribution in [-0.4, -0.2) is 51.0 Å². The lowest BCUT2D eigenvalue weighted by Crippen LogP contribution is -2.62. The van der Waals surface area contributed by atoms with Crippen LogP contribution in [0.3, 0.4) is 0 Å². The average molecular weight is 427 g/mol. The summed E-state index contributed by atoms with van der Waals surface area (Å²) in [5, 5.41) is 10.1. The summed E-state index contributed by atoms with van der Waals surface area (Å²) in [4.78, 5) is 39.9. The molecule has 1 aromatic carbocycles. The van der Waals surface area contributed by atoms with E-state index < -0.39 is 5.54 Å². The van der Waals surface area contributed by atoms with E-state index in [0.717, 1.165) is 31.2 Å². The smallest absolute Gasteiger partial charge is 0.272 e. The summed E-state index contributed by atoms with van der Waals surface area (Å²) >= 11 is 0. The van der Waals surface area contributed by atoms with Gasteiger partial charge in [0.1, 0.15) is 17.1 Å². The van der Waals surface area contributed by atoms with Gasteiger partial charge in [-0.05, 0) is 37.5 Å². The summed E-state index contributed by atoms with van der Waals surface area (Å²) in [6.07, 6.45) is 4.10. The topological polar surface area (TPSA) is 96.3 Å². The average Bonchev–Trinajstić information content (AvgIpc) is 3.41. The third kappa shape index (κ3) is 4.04. The number of halogens is 1. The summed E-state index contributed by atoms with van der Waals surface area (Å²) < 4.78 is 14.5. The van der Waals surface area contributed by atoms with Crippen LogP contribution in [-0.2, 0) is 17.9 Å². The molecule has 2 aromatic rings. The second kappa shape index (κ2) is 8.13. The van der Waals surface area contributed by atoms with Crippen molar-refractivity contribution in [3.05, 3.63) is 53.1 Å². The fourth-order valence-corrected chi connectivity index (χ4v) is 4.14. The minimum absolute atomic E-state index is 0.122. The van der Waals surface area contributed by atoms with E-state index in [1.54, 1.807) is 26.1 Å². The maximum absolute atomic E-state index is 13.1. The molecule has 0 spiro atoms. The van der Waals surface area contributed by atoms with Crippen LogP contribution in [0.25, 0.3) is 0 Å². The van der Waals surface area contributed by atoms with Gasteiger partial charge in [0.05, 0.1) is 6.54 Å². The van der Waals surface area contributed by atoms with E-state index in [4.69, 9.17) is 0 Å². The van der Waals surface area contributed by atoms with E-state index in [1.807, 2.05) is 0 Å². The number of likely N-dealkylation sites (N-methyl/N-ethyl adjacent to an activating group) is 1. The van der Waals surface area contributed by atoms with Crippen molar-refractivity contribution in [3.63, 3.8) is 0 Å². The molecule has 1 aliphatic carbocycles. The van der Waals surface area contributed by atoms with Gasteiger partial charge in [0.25, 0.3) is 11.8 Å². The number of hydrogen-bond acceptors (Lipinski definition) is 4. The zero-order chi connectivity index (χ0) is 22.2. The van der Waals surface area contributed by atoms with Gasteiger partial charge in [-0.15, -0.1) is 0 Å². The molecule has 164 valence electrons. The number of carbonyl (C=O) groups is 3. The minimum atomic E-state index is -1.19. The van der Waals surface area contributed by atoms with E-state index in [9.17, 15) is 18.8 Å². The van der Waals surface area contributed by atoms with Gasteiger partial charge < -0.3 is 15.5 Å². The van der Waals surface area contributed by atoms with Crippen molar-refractivity contribution in [2.75, 3.05) is 7.05 Å². The molecule has 3 amide bonds. The number of rotatable bonds is 5. The van der Waals surface area contributed by atoms with Crippen molar-refractivity contribution < 1.29 is 18.8 Å². The van der Waals surface area contributed by atoms with Gasteiger partial charge in [-0.25, -0.2) is 4.39 Å². The molecule has 1 aliphatic heterocycles. The molecule has 2 N–H and O–H groups in total. The van der Waals surface area contributed by atoms with Crippen LogP contribution in [0.4, 0.5) is 4.39 Å². The summed E-state index contributed by atoms with van der Waals surface area (Å²) in [6, 6.07) is 7.47. The Kier molecular flexibility index (Phi) is 5.51. The fraction of sp³-hybridized carbons (Fsp3) is 0.455. The van der Waals surface area contributed by atoms with Crippen LogP contribution in [0.2, 0.25) is 0 Å². The zero-order valence-electron chi connectivity index (χ0n) is 17.7. The molecule has 4 rings (SSSR count). The van der Waals surface area contributed by atoms with Gasteiger partial charge >= 0.3 is 0 Å². The number of nitrogens with one attached hydrogen (secondary N) is 2. The van der Waals surface area contributed by atoms with Crippen LogP contribution < -0.4 is 10.6 Å². The van der Waals surface area contributed by atoms with Gasteiger partial charge in [-0.1, -0.05) is 25.0 Å². The van der Waals surface area contributed by atoms with Crippen LogP contribution >= 0.6 is 0 Å². The Labute approximate surface area is 179 Å². The minimum Gasteiger partial charge on any atom is -0.350 e. The third-order valence-corrected chi connectivity index (χ3v) is 6.28. The molecular formula is C22H26FN5O3. The Balaban J connectivity index is 1.49. The van der Waals surface area contributed by atoms with Crippen LogP contribution in [0.15, 0.2) is 30.3 Å². The highest BCUT2D eigenvalue weighted by atomic mass is 19.1. The molecule has 1 saturated carbocycles. The maximum atomic E-state index is 13.1. The second-order valence-electron chi connectivity index (χ2n) is 8.47. The van der Waals surface area contributed by atoms with E-state index >= 15 is 0 Å². The molecule has 9 heteroatoms. The van der Waals surface area contributed by atoms with E-state index in [2.05, 4.69) is 15.7 Å². The number of aromatic nitrogens is 2. The quantitative estimate of drug-likeness (QED) is 0.761. The van der Waals surface area contributed by atoms with Crippen molar-refractivity contribution in [3.8, 4) is 0 Å². The summed E-state index contributed by atoms with van der Waals surface area (Å²) in [5.74, 6) is -1.38. The highest BCUT2D eigenvalue weighted by Gasteiger charge is 2.46. The molecule has 0 saturated heterocycles. The van der Waals surface area contributed by atoms with Crippen molar-refractivity contribution in [2.45, 2.75) is 57.3 Å². The summed E-state index contributed by atoms with van der Waals surface area (Å²) in [7, 11) is 1.56. The van der Waals surface area contributed by atoms with Crippen molar-refractivity contribution in [1.29, 1.82) is 0 Å². The first-order chi connectivity index (χ1) is 14.8. The zero-order valence-corrected chi connectivity index (χ0v) is 17.7. The molecule has 31 heavy (non-hydrogen) atoms. The molecule has 1 atom stereocenters. The molecule has 0 unspecified atom stereocenters. The molecule has 2 aliphatic rings. The van der Waals surface area contributed by atoms with Crippen LogP contribution in [0.1, 0.15) is 59.1 Å². The molecule has 1 aromatic heterocycles. The number of benzene rings is 1. The molecule has 0 bridgehead atoms. The summed E-state index contributed by atoms with van der Waals surface area (Å²) in [6.45, 7) is 1.99. The number of fused-ring (bicyclic) bond motifs is 1. The highest BCUT2D eigenvalue weighted by molar-refractivity contribution is 6.01. The maximum Gasteiger partial charge on any atom is 0.272 e. The van der Waals surface area contributed by atoms with Gasteiger partial charge in [0.15, 0.2) is 5.69 Å². The Hall–Kier alpha value is -3.23. The molecule has 1 fully saturated rings. The summed E-state index contributed by atoms with van der Waals surface area (Å²) in [5.41, 5.74) is 0.0197. The number of nitrogens with zero attached hydrogens (tertiary/aromatic N) is 3. The highest BCUT2D eigenvalue weighted by Crippen LogP contribution is 2.26. The SMILES string of the molecule is CN1C(=O)c2cc(C(=O)NC3CCCC3)nn2C[C@]1(C)C(=O)NCc1ccc(F)cc1. The Morgan fingerprint density at radius 1 is 1.23 bits per heavy atom. The van der Waals surface area contributed by atoms with Crippen molar-refractivity contribution in [1.82, 2.24) is 25.3 Å². The largest absolute Gasteiger partial charge is 0.350 e. The van der Waals surface area contributed by atoms with E-state index in [1.165, 1.54) is 27.8 Å². The Morgan fingerprint density at radius 3 is 2.58 bits per heavy atom. The first-order valence-electron chi connectivity index (χ1n) is 10.5. The Bertz CT molecular complexity index is 1010. The standard InChI is InChI=1S/C22H26FN5O3/c1-22(21(31)24-12-14-7-9-15(23)10-8-14)13-28-18(20(30)27(22)2)11-17(26-28)19(29)25-16-5-3-4-6-16/h7-11,16H,3-6,12-13H2,1-2H3,(H,24,31)(H,25,29)/t22-/m1/s1. The van der Waals surface area contributed by atoms with E-state index in [0.29, 0.717) is 0 Å². The van der Waals surface area contributed by atoms with Crippen molar-refractivity contribution >= 4 is 17.7 Å². The van der Waals surface area contributed by atoms with Gasteiger partial charge in [-0.2, -0.15) is 5.10 Å². The lowest BCUT2D eigenvalue weighted by Gasteiger charge is -2.40. The van der Waals surface area contributed by atoms with Gasteiger partial charge in [0.2, 0.25) is 5.91 Å². The lowest BCUT2D eigenvalue weighted by molar-refractivity contribution is -0.132. The molecule has 2 heterocycles. The first-order valence-corrected chi connectivity index (χ1v) is 10.5. The number of amides is 3. The molecule has 8 nitrogen and oxygen atoms in total. The Morgan fingerprint density at radius 2 is 1.90 bits per heavy atom. The van der Waals surface area contributed by atoms with Gasteiger partial charge in [-0.3, -0.25) is 19.1 Å². The lowest BCUT2D eigenvalue weighted by atomic mass is 9.96. The molecule has 0 radical (unpaired) electrons. The normalized spacial score (nSPS) is 21.1. The number of carbonyl (C=O) groups excluding carboxylic acids is 3. The van der Waals surface area contributed by atoms with Crippen LogP contribution in [0.5, 0.6) is 0 Å². The molecular weight excluding hydrogens is 401 g/mol. The number of hydrogen-bond donors (Lipinski definition) is 2. The third-order valence-electron chi connectivity index (χ3n) is 6.28. The fourth-order valence-electron chi connectivity index (χ4n) is 4.14. The monoisotopic (exact) mass is 427 g/mol. The van der Waals surface area contributed by atoms with Gasteiger partial charge in [0, 0.05) is 25.7 Å². The first kappa shape index (κ1) is 21.0. The predicted octanol–water partition coefficient (Wildman–Crippen LogP) is 1.86. The van der Waals surface area contributed by atoms with Crippen LogP contribution in [0, 0.1) is 5.82 Å². The second-order valence-corrected chi connectivity index (χ2v) is 8.47.